The van der Waals surface area contributed by atoms with Gasteiger partial charge in [0.1, 0.15) is 5.75 Å². The molecular weight excluding hydrogens is 298 g/mol. The maximum absolute atomic E-state index is 12.2. The van der Waals surface area contributed by atoms with Gasteiger partial charge in [0.15, 0.2) is 5.56 Å². The second-order valence-electron chi connectivity index (χ2n) is 4.23. The number of methoxy groups -OCH3 is 1. The summed E-state index contributed by atoms with van der Waals surface area (Å²) < 4.78 is 10.3. The topological polar surface area (TPSA) is 38.8 Å². The third-order valence-corrected chi connectivity index (χ3v) is 4.15. The van der Waals surface area contributed by atoms with E-state index >= 15 is 0 Å². The van der Waals surface area contributed by atoms with Crippen LogP contribution in [0.5, 0.6) is 5.75 Å². The zero-order valence-corrected chi connectivity index (χ0v) is 12.9. The smallest absolute Gasteiger partial charge is 0.416 e. The van der Waals surface area contributed by atoms with Gasteiger partial charge in [-0.1, -0.05) is 29.4 Å². The zero-order valence-electron chi connectivity index (χ0n) is 11.3. The molecule has 108 valence electrons. The van der Waals surface area contributed by atoms with Crippen molar-refractivity contribution in [3.8, 4) is 5.75 Å². The van der Waals surface area contributed by atoms with Crippen molar-refractivity contribution in [3.05, 3.63) is 30.9 Å². The van der Waals surface area contributed by atoms with E-state index in [9.17, 15) is 4.79 Å². The molecule has 0 N–H and O–H groups in total. The van der Waals surface area contributed by atoms with E-state index in [0.29, 0.717) is 6.42 Å². The van der Waals surface area contributed by atoms with E-state index in [2.05, 4.69) is 6.58 Å². The van der Waals surface area contributed by atoms with Crippen molar-refractivity contribution in [1.29, 1.82) is 0 Å². The number of halogens is 1. The first-order chi connectivity index (χ1) is 9.56. The normalized spacial score (nSPS) is 18.4. The standard InChI is InChI=1S/C14H16ClNO3S/c1-4-5-13-16(14(17)19-9(2)15)11-7-6-10(18-3)8-12(11)20-13/h4,6-9,13H,1,5H2,2-3H3. The molecule has 0 bridgehead atoms. The first kappa shape index (κ1) is 15.1. The Labute approximate surface area is 127 Å². The first-order valence-corrected chi connectivity index (χ1v) is 7.48. The third kappa shape index (κ3) is 3.04. The molecule has 1 heterocycles. The maximum Gasteiger partial charge on any atom is 0.416 e. The van der Waals surface area contributed by atoms with E-state index in [1.165, 1.54) is 0 Å². The van der Waals surface area contributed by atoms with Crippen LogP contribution in [0.4, 0.5) is 10.5 Å². The Morgan fingerprint density at radius 2 is 2.40 bits per heavy atom. The Kier molecular flexibility index (Phi) is 4.83. The van der Waals surface area contributed by atoms with Crippen molar-refractivity contribution >= 4 is 35.1 Å². The van der Waals surface area contributed by atoms with Gasteiger partial charge in [-0.2, -0.15) is 0 Å². The van der Waals surface area contributed by atoms with Crippen LogP contribution in [-0.4, -0.2) is 24.1 Å². The number of anilines is 1. The SMILES string of the molecule is C=CCC1Sc2cc(OC)ccc2N1C(=O)OC(C)Cl. The number of benzene rings is 1. The van der Waals surface area contributed by atoms with Crippen LogP contribution < -0.4 is 9.64 Å². The van der Waals surface area contributed by atoms with Gasteiger partial charge in [-0.05, 0) is 31.5 Å². The van der Waals surface area contributed by atoms with Crippen molar-refractivity contribution in [2.45, 2.75) is 29.2 Å². The molecule has 0 saturated heterocycles. The second kappa shape index (κ2) is 6.41. The molecule has 4 nitrogen and oxygen atoms in total. The van der Waals surface area contributed by atoms with Crippen molar-refractivity contribution in [1.82, 2.24) is 0 Å². The van der Waals surface area contributed by atoms with E-state index in [1.807, 2.05) is 18.2 Å². The lowest BCUT2D eigenvalue weighted by molar-refractivity contribution is 0.146. The van der Waals surface area contributed by atoms with E-state index in [0.717, 1.165) is 16.3 Å². The molecule has 1 aromatic carbocycles. The van der Waals surface area contributed by atoms with Gasteiger partial charge in [0, 0.05) is 4.90 Å². The zero-order chi connectivity index (χ0) is 14.7. The average molecular weight is 314 g/mol. The molecule has 2 unspecified atom stereocenters. The number of thioether (sulfide) groups is 1. The molecule has 0 saturated carbocycles. The molecule has 0 radical (unpaired) electrons. The second-order valence-corrected chi connectivity index (χ2v) is 6.06. The number of carbonyl (C=O) groups is 1. The molecule has 0 fully saturated rings. The van der Waals surface area contributed by atoms with Crippen molar-refractivity contribution in [2.75, 3.05) is 12.0 Å². The minimum absolute atomic E-state index is 0.0717. The third-order valence-electron chi connectivity index (χ3n) is 2.81. The fourth-order valence-corrected chi connectivity index (χ4v) is 3.35. The Hall–Kier alpha value is -1.33. The summed E-state index contributed by atoms with van der Waals surface area (Å²) in [7, 11) is 1.61. The number of fused-ring (bicyclic) bond motifs is 1. The molecule has 1 aliphatic rings. The Morgan fingerprint density at radius 3 is 3.00 bits per heavy atom. The number of hydrogen-bond donors (Lipinski definition) is 0. The minimum atomic E-state index is -0.667. The van der Waals surface area contributed by atoms with Gasteiger partial charge in [-0.3, -0.25) is 4.90 Å². The quantitative estimate of drug-likeness (QED) is 0.616. The highest BCUT2D eigenvalue weighted by Crippen LogP contribution is 2.46. The van der Waals surface area contributed by atoms with Gasteiger partial charge >= 0.3 is 6.09 Å². The predicted octanol–water partition coefficient (Wildman–Crippen LogP) is 4.23. The molecule has 1 aliphatic heterocycles. The van der Waals surface area contributed by atoms with E-state index < -0.39 is 11.7 Å². The predicted molar refractivity (Wildman–Crippen MR) is 81.7 cm³/mol. The van der Waals surface area contributed by atoms with Gasteiger partial charge in [-0.25, -0.2) is 4.79 Å². The molecule has 0 spiro atoms. The number of ether oxygens (including phenoxy) is 2. The lowest BCUT2D eigenvalue weighted by Gasteiger charge is -2.23. The summed E-state index contributed by atoms with van der Waals surface area (Å²) >= 11 is 7.32. The number of alkyl halides is 1. The molecular formula is C14H16ClNO3S. The summed E-state index contributed by atoms with van der Waals surface area (Å²) in [6.45, 7) is 5.34. The van der Waals surface area contributed by atoms with Crippen LogP contribution in [0, 0.1) is 0 Å². The fourth-order valence-electron chi connectivity index (χ4n) is 1.98. The fraction of sp³-hybridized carbons (Fsp3) is 0.357. The van der Waals surface area contributed by atoms with Gasteiger partial charge in [0.05, 0.1) is 18.2 Å². The monoisotopic (exact) mass is 313 g/mol. The van der Waals surface area contributed by atoms with Gasteiger partial charge in [-0.15, -0.1) is 6.58 Å². The highest BCUT2D eigenvalue weighted by atomic mass is 35.5. The van der Waals surface area contributed by atoms with Crippen molar-refractivity contribution < 1.29 is 14.3 Å². The molecule has 20 heavy (non-hydrogen) atoms. The van der Waals surface area contributed by atoms with Gasteiger partial charge < -0.3 is 9.47 Å². The van der Waals surface area contributed by atoms with Crippen LogP contribution in [-0.2, 0) is 4.74 Å². The summed E-state index contributed by atoms with van der Waals surface area (Å²) in [6.07, 6.45) is 1.99. The number of hydrogen-bond acceptors (Lipinski definition) is 4. The van der Waals surface area contributed by atoms with Crippen molar-refractivity contribution in [3.63, 3.8) is 0 Å². The van der Waals surface area contributed by atoms with Crippen LogP contribution in [0.2, 0.25) is 0 Å². The Bertz CT molecular complexity index is 521. The molecule has 0 aliphatic carbocycles. The first-order valence-electron chi connectivity index (χ1n) is 6.16. The molecule has 1 aromatic rings. The van der Waals surface area contributed by atoms with Crippen LogP contribution >= 0.6 is 23.4 Å². The van der Waals surface area contributed by atoms with E-state index in [-0.39, 0.29) is 5.37 Å². The van der Waals surface area contributed by atoms with Crippen LogP contribution in [0.25, 0.3) is 0 Å². The summed E-state index contributed by atoms with van der Waals surface area (Å²) in [5.74, 6) is 0.759. The lowest BCUT2D eigenvalue weighted by Crippen LogP contribution is -2.36. The molecule has 2 rings (SSSR count). The number of carbonyl (C=O) groups excluding carboxylic acids is 1. The maximum atomic E-state index is 12.2. The van der Waals surface area contributed by atoms with Crippen LogP contribution in [0.3, 0.4) is 0 Å². The average Bonchev–Trinajstić information content (AvgIpc) is 2.75. The molecule has 2 atom stereocenters. The largest absolute Gasteiger partial charge is 0.497 e. The van der Waals surface area contributed by atoms with Gasteiger partial charge in [0.2, 0.25) is 0 Å². The molecule has 6 heteroatoms. The van der Waals surface area contributed by atoms with E-state index in [1.54, 1.807) is 36.8 Å². The van der Waals surface area contributed by atoms with Crippen LogP contribution in [0.15, 0.2) is 35.7 Å². The summed E-state index contributed by atoms with van der Waals surface area (Å²) in [4.78, 5) is 14.8. The number of rotatable bonds is 4. The summed E-state index contributed by atoms with van der Waals surface area (Å²) in [5, 5.41) is -0.0717. The van der Waals surface area contributed by atoms with Crippen LogP contribution in [0.1, 0.15) is 13.3 Å². The Morgan fingerprint density at radius 1 is 1.65 bits per heavy atom. The van der Waals surface area contributed by atoms with Gasteiger partial charge in [0.25, 0.3) is 0 Å². The summed E-state index contributed by atoms with van der Waals surface area (Å²) in [5.41, 5.74) is 0.143. The molecule has 1 amide bonds. The van der Waals surface area contributed by atoms with E-state index in [4.69, 9.17) is 21.1 Å². The lowest BCUT2D eigenvalue weighted by atomic mass is 10.2. The van der Waals surface area contributed by atoms with Crippen molar-refractivity contribution in [2.24, 2.45) is 0 Å². The summed E-state index contributed by atoms with van der Waals surface area (Å²) in [6, 6.07) is 5.58. The Balaban J connectivity index is 2.32. The number of nitrogens with zero attached hydrogens (tertiary/aromatic N) is 1. The molecule has 0 aromatic heterocycles. The highest BCUT2D eigenvalue weighted by molar-refractivity contribution is 8.00. The number of amides is 1. The highest BCUT2D eigenvalue weighted by Gasteiger charge is 2.35. The minimum Gasteiger partial charge on any atom is -0.497 e.